The summed E-state index contributed by atoms with van der Waals surface area (Å²) < 4.78 is 5.46. The highest BCUT2D eigenvalue weighted by Gasteiger charge is 2.24. The highest BCUT2D eigenvalue weighted by atomic mass is 16.5. The minimum absolute atomic E-state index is 0.287. The Hall–Kier alpha value is -3.00. The van der Waals surface area contributed by atoms with Crippen LogP contribution in [0.1, 0.15) is 79.3 Å². The topological polar surface area (TPSA) is 102 Å². The van der Waals surface area contributed by atoms with Crippen molar-refractivity contribution in [3.63, 3.8) is 0 Å². The smallest absolute Gasteiger partial charge is 0.343 e. The molecular formula is C24H29N3O2. The predicted octanol–water partition coefficient (Wildman–Crippen LogP) is 5.41. The van der Waals surface area contributed by atoms with Crippen molar-refractivity contribution in [3.05, 3.63) is 53.1 Å². The van der Waals surface area contributed by atoms with E-state index >= 15 is 0 Å². The molecule has 0 radical (unpaired) electrons. The molecule has 1 fully saturated rings. The Labute approximate surface area is 172 Å². The van der Waals surface area contributed by atoms with E-state index in [2.05, 4.69) is 13.0 Å². The van der Waals surface area contributed by atoms with Crippen LogP contribution in [0.4, 0.5) is 11.4 Å². The Morgan fingerprint density at radius 3 is 2.41 bits per heavy atom. The third-order valence-electron chi connectivity index (χ3n) is 5.82. The van der Waals surface area contributed by atoms with Gasteiger partial charge in [-0.15, -0.1) is 0 Å². The lowest BCUT2D eigenvalue weighted by atomic mass is 9.76. The molecule has 1 saturated carbocycles. The maximum Gasteiger partial charge on any atom is 0.343 e. The molecule has 0 bridgehead atoms. The summed E-state index contributed by atoms with van der Waals surface area (Å²) in [6.45, 7) is 2.24. The first-order valence-corrected chi connectivity index (χ1v) is 10.4. The number of benzene rings is 2. The van der Waals surface area contributed by atoms with Crippen molar-refractivity contribution in [1.29, 1.82) is 5.26 Å². The average Bonchev–Trinajstić information content (AvgIpc) is 2.72. The highest BCUT2D eigenvalue weighted by molar-refractivity contribution is 5.93. The molecule has 0 spiro atoms. The highest BCUT2D eigenvalue weighted by Crippen LogP contribution is 2.39. The number of nitrogens with zero attached hydrogens (tertiary/aromatic N) is 1. The van der Waals surface area contributed by atoms with Gasteiger partial charge in [0.15, 0.2) is 0 Å². The lowest BCUT2D eigenvalue weighted by molar-refractivity contribution is 0.0735. The summed E-state index contributed by atoms with van der Waals surface area (Å²) in [6.07, 6.45) is 8.55. The minimum Gasteiger partial charge on any atom is -0.423 e. The van der Waals surface area contributed by atoms with E-state index in [9.17, 15) is 10.1 Å². The second-order valence-corrected chi connectivity index (χ2v) is 8.00. The number of hydrogen-bond acceptors (Lipinski definition) is 5. The number of carbonyl (C=O) groups is 1. The van der Waals surface area contributed by atoms with Gasteiger partial charge in [0.25, 0.3) is 0 Å². The summed E-state index contributed by atoms with van der Waals surface area (Å²) in [7, 11) is 0. The van der Waals surface area contributed by atoms with Crippen LogP contribution in [0.5, 0.6) is 5.75 Å². The van der Waals surface area contributed by atoms with Crippen molar-refractivity contribution in [2.24, 2.45) is 5.92 Å². The molecule has 1 aliphatic carbocycles. The fourth-order valence-corrected chi connectivity index (χ4v) is 4.27. The number of ether oxygens (including phenoxy) is 1. The number of esters is 1. The zero-order chi connectivity index (χ0) is 20.8. The first-order valence-electron chi connectivity index (χ1n) is 10.4. The van der Waals surface area contributed by atoms with E-state index in [1.807, 2.05) is 6.07 Å². The Bertz CT molecular complexity index is 889. The second-order valence-electron chi connectivity index (χ2n) is 8.00. The van der Waals surface area contributed by atoms with Gasteiger partial charge in [-0.1, -0.05) is 32.3 Å². The van der Waals surface area contributed by atoms with Gasteiger partial charge < -0.3 is 16.2 Å². The Balaban J connectivity index is 1.69. The summed E-state index contributed by atoms with van der Waals surface area (Å²) in [5.41, 5.74) is 14.2. The summed E-state index contributed by atoms with van der Waals surface area (Å²) in [5, 5.41) is 9.64. The number of unbranched alkanes of at least 4 members (excludes halogenated alkanes) is 1. The number of nitrogen functional groups attached to an aromatic ring is 2. The van der Waals surface area contributed by atoms with E-state index in [-0.39, 0.29) is 5.56 Å². The number of nitriles is 1. The molecule has 0 aliphatic heterocycles. The Morgan fingerprint density at radius 2 is 1.79 bits per heavy atom. The van der Waals surface area contributed by atoms with Gasteiger partial charge in [0.05, 0.1) is 17.2 Å². The van der Waals surface area contributed by atoms with E-state index in [0.717, 1.165) is 24.3 Å². The van der Waals surface area contributed by atoms with Gasteiger partial charge in [-0.05, 0) is 73.4 Å². The van der Waals surface area contributed by atoms with E-state index in [0.29, 0.717) is 28.6 Å². The molecule has 3 rings (SSSR count). The van der Waals surface area contributed by atoms with Crippen LogP contribution in [0.3, 0.4) is 0 Å². The number of nitrogens with two attached hydrogens (primary N) is 2. The van der Waals surface area contributed by atoms with Gasteiger partial charge in [-0.25, -0.2) is 4.79 Å². The molecule has 5 nitrogen and oxygen atoms in total. The van der Waals surface area contributed by atoms with Crippen molar-refractivity contribution in [2.75, 3.05) is 11.5 Å². The molecule has 0 atom stereocenters. The normalized spacial score (nSPS) is 18.8. The molecule has 1 aliphatic rings. The number of rotatable bonds is 6. The molecule has 4 N–H and O–H groups in total. The summed E-state index contributed by atoms with van der Waals surface area (Å²) >= 11 is 0. The van der Waals surface area contributed by atoms with Crippen molar-refractivity contribution in [1.82, 2.24) is 0 Å². The molecule has 0 heterocycles. The van der Waals surface area contributed by atoms with Crippen molar-refractivity contribution < 1.29 is 9.53 Å². The van der Waals surface area contributed by atoms with Gasteiger partial charge in [-0.2, -0.15) is 5.26 Å². The van der Waals surface area contributed by atoms with Gasteiger partial charge >= 0.3 is 5.97 Å². The van der Waals surface area contributed by atoms with Crippen LogP contribution in [-0.4, -0.2) is 5.97 Å². The lowest BCUT2D eigenvalue weighted by Gasteiger charge is -2.29. The van der Waals surface area contributed by atoms with Crippen LogP contribution in [0, 0.1) is 17.2 Å². The first kappa shape index (κ1) is 20.7. The molecule has 29 heavy (non-hydrogen) atoms. The lowest BCUT2D eigenvalue weighted by Crippen LogP contribution is -2.14. The third kappa shape index (κ3) is 5.29. The number of carbonyl (C=O) groups excluding carboxylic acids is 1. The van der Waals surface area contributed by atoms with Gasteiger partial charge in [0.2, 0.25) is 0 Å². The number of anilines is 2. The molecule has 0 saturated heterocycles. The molecule has 0 amide bonds. The predicted molar refractivity (Wildman–Crippen MR) is 116 cm³/mol. The maximum atomic E-state index is 12.4. The van der Waals surface area contributed by atoms with Crippen LogP contribution in [0.25, 0.3) is 0 Å². The van der Waals surface area contributed by atoms with Crippen molar-refractivity contribution >= 4 is 17.3 Å². The van der Waals surface area contributed by atoms with Gasteiger partial charge in [0, 0.05) is 11.4 Å². The zero-order valence-corrected chi connectivity index (χ0v) is 17.0. The third-order valence-corrected chi connectivity index (χ3v) is 5.82. The molecule has 152 valence electrons. The molecule has 2 aromatic carbocycles. The summed E-state index contributed by atoms with van der Waals surface area (Å²) in [6, 6.07) is 12.3. The average molecular weight is 392 g/mol. The molecule has 0 aromatic heterocycles. The fourth-order valence-electron chi connectivity index (χ4n) is 4.27. The van der Waals surface area contributed by atoms with E-state index in [1.54, 1.807) is 18.2 Å². The summed E-state index contributed by atoms with van der Waals surface area (Å²) in [4.78, 5) is 12.4. The van der Waals surface area contributed by atoms with Gasteiger partial charge in [0.1, 0.15) is 5.75 Å². The quantitative estimate of drug-likeness (QED) is 0.389. The van der Waals surface area contributed by atoms with E-state index in [1.165, 1.54) is 44.2 Å². The van der Waals surface area contributed by atoms with Crippen LogP contribution < -0.4 is 16.2 Å². The molecule has 0 unspecified atom stereocenters. The van der Waals surface area contributed by atoms with E-state index in [4.69, 9.17) is 16.2 Å². The second kappa shape index (κ2) is 9.47. The van der Waals surface area contributed by atoms with Crippen LogP contribution in [0.2, 0.25) is 0 Å². The van der Waals surface area contributed by atoms with Crippen LogP contribution in [-0.2, 0) is 0 Å². The van der Waals surface area contributed by atoms with Gasteiger partial charge in [-0.3, -0.25) is 0 Å². The monoisotopic (exact) mass is 391 g/mol. The van der Waals surface area contributed by atoms with Crippen molar-refractivity contribution in [3.8, 4) is 11.8 Å². The molecular weight excluding hydrogens is 362 g/mol. The fraction of sp³-hybridized carbons (Fsp3) is 0.417. The summed E-state index contributed by atoms with van der Waals surface area (Å²) in [5.74, 6) is 1.04. The van der Waals surface area contributed by atoms with Crippen LogP contribution >= 0.6 is 0 Å². The van der Waals surface area contributed by atoms with E-state index < -0.39 is 5.97 Å². The maximum absolute atomic E-state index is 12.4. The Kier molecular flexibility index (Phi) is 6.77. The number of hydrogen-bond donors (Lipinski definition) is 2. The molecule has 5 heteroatoms. The Morgan fingerprint density at radius 1 is 1.10 bits per heavy atom. The standard InChI is InChI=1S/C24H29N3O2/c1-2-3-4-16-5-7-17(8-6-16)23-10-9-22(13-19(23)15-25)29-24(28)18-11-20(26)14-21(27)12-18/h9-14,16-17H,2-8,26-27H2,1H3. The molecule has 2 aromatic rings. The zero-order valence-electron chi connectivity index (χ0n) is 17.0. The first-order chi connectivity index (χ1) is 14.0. The SMILES string of the molecule is CCCCC1CCC(c2ccc(OC(=O)c3cc(N)cc(N)c3)cc2C#N)CC1. The largest absolute Gasteiger partial charge is 0.423 e. The van der Waals surface area contributed by atoms with Crippen molar-refractivity contribution in [2.45, 2.75) is 57.8 Å². The van der Waals surface area contributed by atoms with Crippen LogP contribution in [0.15, 0.2) is 36.4 Å². The minimum atomic E-state index is -0.544.